The second-order valence-electron chi connectivity index (χ2n) is 6.14. The number of esters is 1. The van der Waals surface area contributed by atoms with Gasteiger partial charge in [-0.3, -0.25) is 4.79 Å². The van der Waals surface area contributed by atoms with Gasteiger partial charge in [-0.15, -0.1) is 11.3 Å². The number of aromatic nitrogens is 1. The molecule has 0 aliphatic carbocycles. The van der Waals surface area contributed by atoms with E-state index in [1.807, 2.05) is 24.3 Å². The Hall–Kier alpha value is -3.06. The number of amides is 1. The smallest absolute Gasteiger partial charge is 0.358 e. The zero-order valence-electron chi connectivity index (χ0n) is 15.4. The molecular formula is C21H19FN2O3S. The maximum Gasteiger partial charge on any atom is 0.358 e. The van der Waals surface area contributed by atoms with Crippen molar-refractivity contribution < 1.29 is 18.7 Å². The first-order valence-corrected chi connectivity index (χ1v) is 9.66. The van der Waals surface area contributed by atoms with Crippen LogP contribution in [0.15, 0.2) is 53.9 Å². The van der Waals surface area contributed by atoms with Gasteiger partial charge in [0.1, 0.15) is 10.8 Å². The normalized spacial score (nSPS) is 11.7. The summed E-state index contributed by atoms with van der Waals surface area (Å²) < 4.78 is 18.4. The molecule has 5 nitrogen and oxygen atoms in total. The summed E-state index contributed by atoms with van der Waals surface area (Å²) in [5.41, 5.74) is 2.57. The average molecular weight is 398 g/mol. The van der Waals surface area contributed by atoms with E-state index in [9.17, 15) is 14.0 Å². The zero-order chi connectivity index (χ0) is 20.1. The fourth-order valence-electron chi connectivity index (χ4n) is 2.47. The van der Waals surface area contributed by atoms with Gasteiger partial charge in [0.15, 0.2) is 11.8 Å². The van der Waals surface area contributed by atoms with Crippen molar-refractivity contribution in [1.82, 2.24) is 4.98 Å². The Morgan fingerprint density at radius 1 is 1.21 bits per heavy atom. The zero-order valence-corrected chi connectivity index (χ0v) is 16.3. The van der Waals surface area contributed by atoms with Crippen LogP contribution in [0, 0.1) is 5.82 Å². The fraction of sp³-hybridized carbons (Fsp3) is 0.190. The third-order valence-electron chi connectivity index (χ3n) is 4.07. The quantitative estimate of drug-likeness (QED) is 0.612. The van der Waals surface area contributed by atoms with E-state index in [4.69, 9.17) is 4.74 Å². The van der Waals surface area contributed by atoms with Crippen molar-refractivity contribution in [2.45, 2.75) is 26.4 Å². The van der Waals surface area contributed by atoms with E-state index >= 15 is 0 Å². The number of nitrogens with one attached hydrogen (secondary N) is 1. The lowest BCUT2D eigenvalue weighted by Crippen LogP contribution is -2.30. The number of carbonyl (C=O) groups excluding carboxylic acids is 2. The lowest BCUT2D eigenvalue weighted by molar-refractivity contribution is -0.123. The number of benzene rings is 2. The Kier molecular flexibility index (Phi) is 6.16. The summed E-state index contributed by atoms with van der Waals surface area (Å²) in [6, 6.07) is 13.4. The minimum absolute atomic E-state index is 0.143. The number of halogens is 1. The van der Waals surface area contributed by atoms with Gasteiger partial charge in [-0.2, -0.15) is 0 Å². The molecule has 0 bridgehead atoms. The molecule has 3 rings (SSSR count). The van der Waals surface area contributed by atoms with E-state index in [1.54, 1.807) is 11.4 Å². The van der Waals surface area contributed by atoms with E-state index in [2.05, 4.69) is 17.2 Å². The summed E-state index contributed by atoms with van der Waals surface area (Å²) in [6.07, 6.45) is -0.101. The van der Waals surface area contributed by atoms with Crippen LogP contribution in [0.25, 0.3) is 10.6 Å². The third-order valence-corrected chi connectivity index (χ3v) is 4.96. The number of ether oxygens (including phenoxy) is 1. The molecule has 0 fully saturated rings. The van der Waals surface area contributed by atoms with Gasteiger partial charge in [-0.25, -0.2) is 14.2 Å². The van der Waals surface area contributed by atoms with Crippen LogP contribution in [0.3, 0.4) is 0 Å². The molecule has 1 heterocycles. The monoisotopic (exact) mass is 398 g/mol. The fourth-order valence-corrected chi connectivity index (χ4v) is 3.26. The second kappa shape index (κ2) is 8.75. The molecule has 7 heteroatoms. The third kappa shape index (κ3) is 4.80. The highest BCUT2D eigenvalue weighted by Crippen LogP contribution is 2.24. The van der Waals surface area contributed by atoms with Gasteiger partial charge in [-0.1, -0.05) is 37.3 Å². The summed E-state index contributed by atoms with van der Waals surface area (Å²) >= 11 is 1.33. The Morgan fingerprint density at radius 3 is 2.64 bits per heavy atom. The van der Waals surface area contributed by atoms with Crippen LogP contribution in [0.1, 0.15) is 29.9 Å². The molecule has 1 atom stereocenters. The van der Waals surface area contributed by atoms with E-state index in [1.165, 1.54) is 42.0 Å². The molecule has 1 N–H and O–H groups in total. The molecule has 0 aliphatic heterocycles. The highest BCUT2D eigenvalue weighted by atomic mass is 32.1. The summed E-state index contributed by atoms with van der Waals surface area (Å²) in [7, 11) is 0. The van der Waals surface area contributed by atoms with Crippen molar-refractivity contribution >= 4 is 28.9 Å². The molecule has 0 unspecified atom stereocenters. The number of carbonyl (C=O) groups is 2. The average Bonchev–Trinajstić information content (AvgIpc) is 3.18. The van der Waals surface area contributed by atoms with Gasteiger partial charge in [0.25, 0.3) is 5.91 Å². The Labute approximate surface area is 166 Å². The first-order valence-electron chi connectivity index (χ1n) is 8.78. The highest BCUT2D eigenvalue weighted by molar-refractivity contribution is 7.13. The minimum Gasteiger partial charge on any atom is -0.448 e. The molecule has 0 aliphatic rings. The van der Waals surface area contributed by atoms with Crippen molar-refractivity contribution in [3.63, 3.8) is 0 Å². The molecule has 2 aromatic carbocycles. The summed E-state index contributed by atoms with van der Waals surface area (Å²) in [4.78, 5) is 28.7. The molecule has 0 spiro atoms. The highest BCUT2D eigenvalue weighted by Gasteiger charge is 2.21. The van der Waals surface area contributed by atoms with E-state index in [0.29, 0.717) is 10.7 Å². The van der Waals surface area contributed by atoms with E-state index in [0.717, 1.165) is 12.0 Å². The number of anilines is 1. The lowest BCUT2D eigenvalue weighted by Gasteiger charge is -2.12. The molecule has 28 heavy (non-hydrogen) atoms. The molecule has 144 valence electrons. The number of rotatable bonds is 6. The van der Waals surface area contributed by atoms with Crippen LogP contribution in [-0.2, 0) is 16.0 Å². The van der Waals surface area contributed by atoms with E-state index < -0.39 is 23.8 Å². The van der Waals surface area contributed by atoms with Gasteiger partial charge in [0, 0.05) is 16.6 Å². The molecular weight excluding hydrogens is 379 g/mol. The largest absolute Gasteiger partial charge is 0.448 e. The summed E-state index contributed by atoms with van der Waals surface area (Å²) in [5, 5.41) is 4.81. The summed E-state index contributed by atoms with van der Waals surface area (Å²) in [6.45, 7) is 3.53. The molecule has 1 aromatic heterocycles. The first-order chi connectivity index (χ1) is 13.5. The van der Waals surface area contributed by atoms with Crippen LogP contribution in [0.4, 0.5) is 10.1 Å². The number of hydrogen-bond donors (Lipinski definition) is 1. The maximum atomic E-state index is 13.2. The maximum absolute atomic E-state index is 13.2. The molecule has 0 saturated carbocycles. The molecule has 1 amide bonds. The number of thiazole rings is 1. The molecule has 3 aromatic rings. The van der Waals surface area contributed by atoms with Crippen molar-refractivity contribution in [3.8, 4) is 10.6 Å². The van der Waals surface area contributed by atoms with Crippen LogP contribution in [-0.4, -0.2) is 23.0 Å². The Balaban J connectivity index is 1.62. The lowest BCUT2D eigenvalue weighted by atomic mass is 10.1. The predicted molar refractivity (Wildman–Crippen MR) is 107 cm³/mol. The first kappa shape index (κ1) is 19.7. The Bertz CT molecular complexity index is 985. The molecule has 0 radical (unpaired) electrons. The van der Waals surface area contributed by atoms with Crippen molar-refractivity contribution in [1.29, 1.82) is 0 Å². The van der Waals surface area contributed by atoms with Crippen LogP contribution < -0.4 is 5.32 Å². The minimum atomic E-state index is -1.05. The van der Waals surface area contributed by atoms with Gasteiger partial charge in [0.2, 0.25) is 0 Å². The van der Waals surface area contributed by atoms with Crippen LogP contribution >= 0.6 is 11.3 Å². The number of aryl methyl sites for hydroxylation is 1. The standard InChI is InChI=1S/C21H19FN2O3S/c1-3-14-7-9-15(10-8-14)20-24-18(12-28-20)21(26)27-13(2)19(25)23-17-6-4-5-16(22)11-17/h4-13H,3H2,1-2H3,(H,23,25)/t13-/m0/s1. The van der Waals surface area contributed by atoms with E-state index in [-0.39, 0.29) is 5.69 Å². The topological polar surface area (TPSA) is 68.3 Å². The molecule has 0 saturated heterocycles. The second-order valence-corrected chi connectivity index (χ2v) is 6.99. The van der Waals surface area contributed by atoms with Gasteiger partial charge in [0.05, 0.1) is 0 Å². The Morgan fingerprint density at radius 2 is 1.96 bits per heavy atom. The van der Waals surface area contributed by atoms with Crippen molar-refractivity contribution in [2.24, 2.45) is 0 Å². The van der Waals surface area contributed by atoms with Crippen LogP contribution in [0.5, 0.6) is 0 Å². The SMILES string of the molecule is CCc1ccc(-c2nc(C(=O)O[C@@H](C)C(=O)Nc3cccc(F)c3)cs2)cc1. The van der Waals surface area contributed by atoms with Gasteiger partial charge < -0.3 is 10.1 Å². The van der Waals surface area contributed by atoms with Gasteiger partial charge in [-0.05, 0) is 37.1 Å². The number of hydrogen-bond acceptors (Lipinski definition) is 5. The predicted octanol–water partition coefficient (Wildman–Crippen LogP) is 4.70. The van der Waals surface area contributed by atoms with Crippen molar-refractivity contribution in [3.05, 3.63) is 71.0 Å². The number of nitrogens with zero attached hydrogens (tertiary/aromatic N) is 1. The van der Waals surface area contributed by atoms with Crippen molar-refractivity contribution in [2.75, 3.05) is 5.32 Å². The summed E-state index contributed by atoms with van der Waals surface area (Å²) in [5.74, 6) is -1.71. The van der Waals surface area contributed by atoms with Crippen LogP contribution in [0.2, 0.25) is 0 Å². The van der Waals surface area contributed by atoms with Gasteiger partial charge >= 0.3 is 5.97 Å².